The summed E-state index contributed by atoms with van der Waals surface area (Å²) >= 11 is 1.31. The molecule has 0 saturated carbocycles. The fourth-order valence-electron chi connectivity index (χ4n) is 3.26. The fraction of sp³-hybridized carbons (Fsp3) is 0.143. The Bertz CT molecular complexity index is 922. The molecule has 0 radical (unpaired) electrons. The van der Waals surface area contributed by atoms with Crippen molar-refractivity contribution in [1.82, 2.24) is 5.32 Å². The third-order valence-corrected chi connectivity index (χ3v) is 5.18. The molecule has 1 amide bonds. The zero-order valence-electron chi connectivity index (χ0n) is 14.4. The normalized spacial score (nSPS) is 12.1. The Balaban J connectivity index is 1.35. The molecule has 1 N–H and O–H groups in total. The van der Waals surface area contributed by atoms with Gasteiger partial charge in [-0.25, -0.2) is 9.59 Å². The molecule has 0 aliphatic heterocycles. The van der Waals surface area contributed by atoms with Crippen LogP contribution in [0.15, 0.2) is 66.0 Å². The second-order valence-corrected chi connectivity index (χ2v) is 7.00. The van der Waals surface area contributed by atoms with Gasteiger partial charge in [0, 0.05) is 5.92 Å². The second-order valence-electron chi connectivity index (χ2n) is 6.09. The van der Waals surface area contributed by atoms with Crippen molar-refractivity contribution in [3.8, 4) is 16.2 Å². The minimum atomic E-state index is -0.639. The number of alkyl carbamates (subject to hydrolysis) is 1. The highest BCUT2D eigenvalue weighted by molar-refractivity contribution is 7.11. The van der Waals surface area contributed by atoms with Crippen molar-refractivity contribution in [2.45, 2.75) is 5.92 Å². The molecule has 1 heterocycles. The molecule has 27 heavy (non-hydrogen) atoms. The first-order chi connectivity index (χ1) is 13.2. The number of rotatable bonds is 5. The molecule has 0 unspecified atom stereocenters. The molecule has 3 aromatic rings. The van der Waals surface area contributed by atoms with Crippen molar-refractivity contribution in [1.29, 1.82) is 0 Å². The standard InChI is InChI=1S/C21H17NO4S/c23-19(26-20-10-5-11-27-20)12-22-21(24)25-13-18-16-8-3-1-6-14(16)15-7-2-4-9-17(15)18/h1-11,18H,12-13H2,(H,22,24). The Kier molecular flexibility index (Phi) is 4.89. The van der Waals surface area contributed by atoms with E-state index in [1.54, 1.807) is 12.1 Å². The molecule has 0 fully saturated rings. The van der Waals surface area contributed by atoms with Crippen molar-refractivity contribution >= 4 is 23.4 Å². The van der Waals surface area contributed by atoms with Crippen LogP contribution in [-0.2, 0) is 9.53 Å². The number of hydrogen-bond acceptors (Lipinski definition) is 5. The largest absolute Gasteiger partial charge is 0.449 e. The van der Waals surface area contributed by atoms with Gasteiger partial charge >= 0.3 is 12.1 Å². The van der Waals surface area contributed by atoms with E-state index >= 15 is 0 Å². The molecule has 0 atom stereocenters. The average molecular weight is 379 g/mol. The first kappa shape index (κ1) is 17.3. The maximum Gasteiger partial charge on any atom is 0.407 e. The third-order valence-electron chi connectivity index (χ3n) is 4.43. The Morgan fingerprint density at radius 3 is 2.22 bits per heavy atom. The highest BCUT2D eigenvalue weighted by atomic mass is 32.1. The monoisotopic (exact) mass is 379 g/mol. The van der Waals surface area contributed by atoms with Gasteiger partial charge in [0.05, 0.1) is 0 Å². The summed E-state index contributed by atoms with van der Waals surface area (Å²) in [6.45, 7) is -0.0333. The van der Waals surface area contributed by atoms with Crippen LogP contribution >= 0.6 is 11.3 Å². The van der Waals surface area contributed by atoms with E-state index in [-0.39, 0.29) is 19.1 Å². The van der Waals surface area contributed by atoms with Crippen LogP contribution in [0.25, 0.3) is 11.1 Å². The molecule has 6 heteroatoms. The Labute approximate surface area is 160 Å². The van der Waals surface area contributed by atoms with Gasteiger partial charge in [0.2, 0.25) is 0 Å². The Hall–Kier alpha value is -3.12. The zero-order chi connectivity index (χ0) is 18.6. The van der Waals surface area contributed by atoms with Crippen LogP contribution in [0.5, 0.6) is 5.06 Å². The van der Waals surface area contributed by atoms with E-state index in [1.807, 2.05) is 29.6 Å². The van der Waals surface area contributed by atoms with Crippen LogP contribution in [0.2, 0.25) is 0 Å². The quantitative estimate of drug-likeness (QED) is 0.675. The van der Waals surface area contributed by atoms with Crippen LogP contribution in [-0.4, -0.2) is 25.2 Å². The van der Waals surface area contributed by atoms with E-state index in [2.05, 4.69) is 29.6 Å². The van der Waals surface area contributed by atoms with Crippen molar-refractivity contribution < 1.29 is 19.1 Å². The molecule has 4 rings (SSSR count). The lowest BCUT2D eigenvalue weighted by Gasteiger charge is -2.14. The first-order valence-electron chi connectivity index (χ1n) is 8.55. The van der Waals surface area contributed by atoms with Gasteiger partial charge in [-0.1, -0.05) is 48.5 Å². The molecule has 0 bridgehead atoms. The molecule has 2 aromatic carbocycles. The van der Waals surface area contributed by atoms with E-state index in [1.165, 1.54) is 22.5 Å². The average Bonchev–Trinajstić information content (AvgIpc) is 3.31. The predicted octanol–water partition coefficient (Wildman–Crippen LogP) is 4.19. The van der Waals surface area contributed by atoms with E-state index in [0.29, 0.717) is 5.06 Å². The van der Waals surface area contributed by atoms with Gasteiger partial charge < -0.3 is 14.8 Å². The number of fused-ring (bicyclic) bond motifs is 3. The molecule has 0 spiro atoms. The van der Waals surface area contributed by atoms with Gasteiger partial charge in [-0.05, 0) is 39.8 Å². The van der Waals surface area contributed by atoms with E-state index in [9.17, 15) is 9.59 Å². The lowest BCUT2D eigenvalue weighted by Crippen LogP contribution is -2.33. The number of thiophene rings is 1. The van der Waals surface area contributed by atoms with Crippen molar-refractivity contribution in [2.75, 3.05) is 13.2 Å². The number of ether oxygens (including phenoxy) is 2. The minimum Gasteiger partial charge on any atom is -0.449 e. The number of amides is 1. The highest BCUT2D eigenvalue weighted by Gasteiger charge is 2.29. The van der Waals surface area contributed by atoms with Gasteiger partial charge in [-0.2, -0.15) is 0 Å². The van der Waals surface area contributed by atoms with Crippen LogP contribution in [0.3, 0.4) is 0 Å². The summed E-state index contributed by atoms with van der Waals surface area (Å²) < 4.78 is 10.5. The number of carbonyl (C=O) groups is 2. The van der Waals surface area contributed by atoms with E-state index in [4.69, 9.17) is 9.47 Å². The van der Waals surface area contributed by atoms with E-state index < -0.39 is 12.1 Å². The summed E-state index contributed by atoms with van der Waals surface area (Å²) in [7, 11) is 0. The number of carbonyl (C=O) groups excluding carboxylic acids is 2. The zero-order valence-corrected chi connectivity index (χ0v) is 15.2. The van der Waals surface area contributed by atoms with Crippen LogP contribution < -0.4 is 10.1 Å². The smallest absolute Gasteiger partial charge is 0.407 e. The molecule has 0 saturated heterocycles. The van der Waals surface area contributed by atoms with Crippen LogP contribution in [0.1, 0.15) is 17.0 Å². The second kappa shape index (κ2) is 7.63. The maximum atomic E-state index is 12.0. The van der Waals surface area contributed by atoms with Crippen molar-refractivity contribution in [2.24, 2.45) is 0 Å². The molecule has 1 aromatic heterocycles. The SMILES string of the molecule is O=C(CNC(=O)OCC1c2ccccc2-c2ccccc21)Oc1cccs1. The van der Waals surface area contributed by atoms with E-state index in [0.717, 1.165) is 11.1 Å². The van der Waals surface area contributed by atoms with Crippen LogP contribution in [0, 0.1) is 0 Å². The predicted molar refractivity (Wildman–Crippen MR) is 103 cm³/mol. The Morgan fingerprint density at radius 2 is 1.59 bits per heavy atom. The molecular weight excluding hydrogens is 362 g/mol. The fourth-order valence-corrected chi connectivity index (χ4v) is 3.85. The number of benzene rings is 2. The molecule has 1 aliphatic rings. The summed E-state index contributed by atoms with van der Waals surface area (Å²) in [6, 6.07) is 19.7. The van der Waals surface area contributed by atoms with Gasteiger partial charge in [0.15, 0.2) is 5.06 Å². The highest BCUT2D eigenvalue weighted by Crippen LogP contribution is 2.44. The summed E-state index contributed by atoms with van der Waals surface area (Å²) in [5.41, 5.74) is 4.62. The first-order valence-corrected chi connectivity index (χ1v) is 9.43. The molecular formula is C21H17NO4S. The maximum absolute atomic E-state index is 12.0. The summed E-state index contributed by atoms with van der Waals surface area (Å²) in [5.74, 6) is -0.549. The summed E-state index contributed by atoms with van der Waals surface area (Å²) in [6.07, 6.45) is -0.639. The lowest BCUT2D eigenvalue weighted by atomic mass is 9.98. The summed E-state index contributed by atoms with van der Waals surface area (Å²) in [5, 5.41) is 4.74. The van der Waals surface area contributed by atoms with Crippen LogP contribution in [0.4, 0.5) is 4.79 Å². The number of esters is 1. The number of hydrogen-bond donors (Lipinski definition) is 1. The van der Waals surface area contributed by atoms with Crippen molar-refractivity contribution in [3.05, 3.63) is 77.2 Å². The minimum absolute atomic E-state index is 0.0128. The number of nitrogens with one attached hydrogen (secondary N) is 1. The van der Waals surface area contributed by atoms with Gasteiger partial charge in [-0.15, -0.1) is 11.3 Å². The van der Waals surface area contributed by atoms with Crippen molar-refractivity contribution in [3.63, 3.8) is 0 Å². The van der Waals surface area contributed by atoms with Gasteiger partial charge in [0.25, 0.3) is 0 Å². The Morgan fingerprint density at radius 1 is 0.926 bits per heavy atom. The molecule has 1 aliphatic carbocycles. The lowest BCUT2D eigenvalue weighted by molar-refractivity contribution is -0.133. The third kappa shape index (κ3) is 3.71. The molecule has 5 nitrogen and oxygen atoms in total. The summed E-state index contributed by atoms with van der Waals surface area (Å²) in [4.78, 5) is 23.7. The topological polar surface area (TPSA) is 64.6 Å². The molecule has 136 valence electrons. The van der Waals surface area contributed by atoms with Gasteiger partial charge in [0.1, 0.15) is 13.2 Å². The van der Waals surface area contributed by atoms with Gasteiger partial charge in [-0.3, -0.25) is 0 Å².